The van der Waals surface area contributed by atoms with Gasteiger partial charge in [0.25, 0.3) is 0 Å². The molecule has 0 spiro atoms. The van der Waals surface area contributed by atoms with Gasteiger partial charge in [0, 0.05) is 28.3 Å². The highest BCUT2D eigenvalue weighted by Gasteiger charge is 2.09. The molecule has 0 atom stereocenters. The Morgan fingerprint density at radius 2 is 1.84 bits per heavy atom. The number of rotatable bonds is 2. The van der Waals surface area contributed by atoms with Crippen molar-refractivity contribution in [2.75, 3.05) is 12.4 Å². The molecule has 0 bridgehead atoms. The van der Waals surface area contributed by atoms with E-state index in [4.69, 9.17) is 0 Å². The van der Waals surface area contributed by atoms with Crippen molar-refractivity contribution < 1.29 is 0 Å². The van der Waals surface area contributed by atoms with Gasteiger partial charge >= 0.3 is 0 Å². The van der Waals surface area contributed by atoms with E-state index in [1.54, 1.807) is 0 Å². The Balaban J connectivity index is 3.24. The van der Waals surface area contributed by atoms with E-state index in [1.165, 1.54) is 11.1 Å². The van der Waals surface area contributed by atoms with Crippen LogP contribution in [0.1, 0.15) is 25.0 Å². The molecule has 0 amide bonds. The lowest BCUT2D eigenvalue weighted by molar-refractivity contribution is 1.40. The lowest BCUT2D eigenvalue weighted by Gasteiger charge is -2.11. The van der Waals surface area contributed by atoms with Gasteiger partial charge in [-0.25, -0.2) is 0 Å². The maximum Gasteiger partial charge on any atom is 0.129 e. The number of anilines is 1. The summed E-state index contributed by atoms with van der Waals surface area (Å²) in [5.74, 6) is 3.30. The lowest BCUT2D eigenvalue weighted by atomic mass is 10.1. The Hall–Kier alpha value is -0.983. The molecule has 0 radical (unpaired) electrons. The molecule has 0 fully saturated rings. The first kappa shape index (κ1) is 16.1. The molecule has 0 saturated carbocycles. The molecular formula is C16H22BrNSi. The van der Waals surface area contributed by atoms with E-state index in [0.717, 1.165) is 15.7 Å². The van der Waals surface area contributed by atoms with E-state index < -0.39 is 8.07 Å². The second kappa shape index (κ2) is 6.45. The maximum atomic E-state index is 3.65. The van der Waals surface area contributed by atoms with Crippen molar-refractivity contribution in [3.8, 4) is 11.5 Å². The second-order valence-electron chi connectivity index (χ2n) is 5.82. The number of hydrogen-bond acceptors (Lipinski definition) is 1. The lowest BCUT2D eigenvalue weighted by Crippen LogP contribution is -2.16. The average molecular weight is 336 g/mol. The standard InChI is InChI=1S/C16H22BrNSi/c1-12(2)16(17)14-8-7-13(11-15(14)18-3)9-10-19(4,5)6/h7-8,11,18H,1-6H3. The zero-order chi connectivity index (χ0) is 14.6. The highest BCUT2D eigenvalue weighted by atomic mass is 79.9. The smallest absolute Gasteiger partial charge is 0.129 e. The van der Waals surface area contributed by atoms with E-state index in [2.05, 4.69) is 84.4 Å². The molecular weight excluding hydrogens is 314 g/mol. The highest BCUT2D eigenvalue weighted by Crippen LogP contribution is 2.31. The highest BCUT2D eigenvalue weighted by molar-refractivity contribution is 9.15. The first-order valence-corrected chi connectivity index (χ1v) is 10.7. The minimum Gasteiger partial charge on any atom is -0.388 e. The van der Waals surface area contributed by atoms with Crippen LogP contribution in [-0.2, 0) is 0 Å². The van der Waals surface area contributed by atoms with Crippen LogP contribution in [0.4, 0.5) is 5.69 Å². The number of halogens is 1. The summed E-state index contributed by atoms with van der Waals surface area (Å²) in [7, 11) is 0.623. The molecule has 1 N–H and O–H groups in total. The molecule has 3 heteroatoms. The molecule has 0 aromatic heterocycles. The van der Waals surface area contributed by atoms with Crippen molar-refractivity contribution >= 4 is 34.2 Å². The minimum absolute atomic E-state index is 1.07. The summed E-state index contributed by atoms with van der Waals surface area (Å²) in [6, 6.07) is 6.33. The van der Waals surface area contributed by atoms with Gasteiger partial charge in [-0.05, 0) is 26.0 Å². The fourth-order valence-electron chi connectivity index (χ4n) is 1.55. The van der Waals surface area contributed by atoms with Crippen molar-refractivity contribution in [2.24, 2.45) is 0 Å². The third kappa shape index (κ3) is 4.89. The van der Waals surface area contributed by atoms with Crippen LogP contribution in [-0.4, -0.2) is 15.1 Å². The molecule has 0 aliphatic rings. The normalized spacial score (nSPS) is 10.5. The summed E-state index contributed by atoms with van der Waals surface area (Å²) < 4.78 is 1.14. The molecule has 1 nitrogen and oxygen atoms in total. The monoisotopic (exact) mass is 335 g/mol. The molecule has 102 valence electrons. The Labute approximate surface area is 126 Å². The molecule has 1 rings (SSSR count). The third-order valence-electron chi connectivity index (χ3n) is 2.55. The quantitative estimate of drug-likeness (QED) is 0.585. The molecule has 0 unspecified atom stereocenters. The number of nitrogens with one attached hydrogen (secondary N) is 1. The summed E-state index contributed by atoms with van der Waals surface area (Å²) in [6.07, 6.45) is 0. The molecule has 0 aliphatic carbocycles. The summed E-state index contributed by atoms with van der Waals surface area (Å²) >= 11 is 3.65. The number of benzene rings is 1. The van der Waals surface area contributed by atoms with Gasteiger partial charge in [-0.3, -0.25) is 0 Å². The van der Waals surface area contributed by atoms with Crippen LogP contribution < -0.4 is 5.32 Å². The largest absolute Gasteiger partial charge is 0.388 e. The second-order valence-corrected chi connectivity index (χ2v) is 11.4. The predicted molar refractivity (Wildman–Crippen MR) is 93.4 cm³/mol. The van der Waals surface area contributed by atoms with Gasteiger partial charge in [-0.15, -0.1) is 5.54 Å². The summed E-state index contributed by atoms with van der Waals surface area (Å²) in [5.41, 5.74) is 8.02. The number of hydrogen-bond donors (Lipinski definition) is 1. The van der Waals surface area contributed by atoms with E-state index in [9.17, 15) is 0 Å². The molecule has 1 aromatic carbocycles. The zero-order valence-electron chi connectivity index (χ0n) is 12.6. The molecule has 19 heavy (non-hydrogen) atoms. The molecule has 0 saturated heterocycles. The van der Waals surface area contributed by atoms with Gasteiger partial charge < -0.3 is 5.32 Å². The van der Waals surface area contributed by atoms with Crippen LogP contribution in [0.25, 0.3) is 4.48 Å². The van der Waals surface area contributed by atoms with Crippen molar-refractivity contribution in [3.63, 3.8) is 0 Å². The Morgan fingerprint density at radius 3 is 2.32 bits per heavy atom. The Morgan fingerprint density at radius 1 is 1.21 bits per heavy atom. The third-order valence-corrected chi connectivity index (χ3v) is 4.64. The van der Waals surface area contributed by atoms with Crippen molar-refractivity contribution in [1.82, 2.24) is 0 Å². The molecule has 1 aromatic rings. The van der Waals surface area contributed by atoms with Gasteiger partial charge in [0.1, 0.15) is 8.07 Å². The van der Waals surface area contributed by atoms with Gasteiger partial charge in [-0.1, -0.05) is 53.1 Å². The molecule has 0 heterocycles. The van der Waals surface area contributed by atoms with Crippen LogP contribution in [0.15, 0.2) is 23.8 Å². The van der Waals surface area contributed by atoms with Crippen LogP contribution >= 0.6 is 15.9 Å². The van der Waals surface area contributed by atoms with Gasteiger partial charge in [-0.2, -0.15) is 0 Å². The van der Waals surface area contributed by atoms with Crippen molar-refractivity contribution in [2.45, 2.75) is 33.5 Å². The SMILES string of the molecule is CNc1cc(C#C[Si](C)(C)C)ccc1C(Br)=C(C)C. The van der Waals surface area contributed by atoms with E-state index in [1.807, 2.05) is 7.05 Å². The maximum absolute atomic E-state index is 3.65. The van der Waals surface area contributed by atoms with Crippen LogP contribution in [0.3, 0.4) is 0 Å². The van der Waals surface area contributed by atoms with E-state index >= 15 is 0 Å². The van der Waals surface area contributed by atoms with Crippen molar-refractivity contribution in [3.05, 3.63) is 34.9 Å². The summed E-state index contributed by atoms with van der Waals surface area (Å²) in [5, 5.41) is 3.25. The Kier molecular flexibility index (Phi) is 5.46. The topological polar surface area (TPSA) is 12.0 Å². The van der Waals surface area contributed by atoms with Crippen molar-refractivity contribution in [1.29, 1.82) is 0 Å². The van der Waals surface area contributed by atoms with Gasteiger partial charge in [0.2, 0.25) is 0 Å². The predicted octanol–water partition coefficient (Wildman–Crippen LogP) is 5.10. The zero-order valence-corrected chi connectivity index (χ0v) is 15.2. The van der Waals surface area contributed by atoms with Gasteiger partial charge in [0.05, 0.1) is 0 Å². The number of allylic oxidation sites excluding steroid dienone is 1. The van der Waals surface area contributed by atoms with Crippen LogP contribution in [0.5, 0.6) is 0 Å². The summed E-state index contributed by atoms with van der Waals surface area (Å²) in [6.45, 7) is 11.0. The average Bonchev–Trinajstić information content (AvgIpc) is 2.34. The van der Waals surface area contributed by atoms with Crippen LogP contribution in [0, 0.1) is 11.5 Å². The van der Waals surface area contributed by atoms with E-state index in [0.29, 0.717) is 0 Å². The summed E-state index contributed by atoms with van der Waals surface area (Å²) in [4.78, 5) is 0. The van der Waals surface area contributed by atoms with Gasteiger partial charge in [0.15, 0.2) is 0 Å². The minimum atomic E-state index is -1.32. The first-order chi connectivity index (χ1) is 8.74. The van der Waals surface area contributed by atoms with Crippen LogP contribution in [0.2, 0.25) is 19.6 Å². The fraction of sp³-hybridized carbons (Fsp3) is 0.375. The van der Waals surface area contributed by atoms with E-state index in [-0.39, 0.29) is 0 Å². The Bertz CT molecular complexity index is 552. The molecule has 0 aliphatic heterocycles. The first-order valence-electron chi connectivity index (χ1n) is 6.43. The fourth-order valence-corrected chi connectivity index (χ4v) is 2.41.